The highest BCUT2D eigenvalue weighted by atomic mass is 15.1. The van der Waals surface area contributed by atoms with Crippen LogP contribution in [0.4, 0.5) is 0 Å². The lowest BCUT2D eigenvalue weighted by Gasteiger charge is -2.06. The zero-order valence-electron chi connectivity index (χ0n) is 9.94. The van der Waals surface area contributed by atoms with Crippen LogP contribution in [0.2, 0.25) is 0 Å². The summed E-state index contributed by atoms with van der Waals surface area (Å²) in [6.45, 7) is 6.36. The predicted octanol–water partition coefficient (Wildman–Crippen LogP) is 3.58. The van der Waals surface area contributed by atoms with Crippen LogP contribution in [0, 0.1) is 6.92 Å². The zero-order chi connectivity index (χ0) is 11.5. The van der Waals surface area contributed by atoms with Crippen molar-refractivity contribution >= 4 is 0 Å². The van der Waals surface area contributed by atoms with E-state index < -0.39 is 0 Å². The van der Waals surface area contributed by atoms with Crippen molar-refractivity contribution in [3.05, 3.63) is 47.8 Å². The molecule has 2 aromatic rings. The van der Waals surface area contributed by atoms with E-state index in [0.717, 1.165) is 11.3 Å². The fourth-order valence-corrected chi connectivity index (χ4v) is 1.65. The number of hydrogen-bond donors (Lipinski definition) is 0. The lowest BCUT2D eigenvalue weighted by Crippen LogP contribution is -1.95. The van der Waals surface area contributed by atoms with Crippen LogP contribution < -0.4 is 0 Å². The molecule has 0 bridgehead atoms. The summed E-state index contributed by atoms with van der Waals surface area (Å²) in [7, 11) is 0. The fourth-order valence-electron chi connectivity index (χ4n) is 1.65. The fraction of sp³-hybridized carbons (Fsp3) is 0.286. The maximum absolute atomic E-state index is 4.14. The van der Waals surface area contributed by atoms with Gasteiger partial charge in [-0.1, -0.05) is 43.7 Å². The number of nitrogens with zero attached hydrogens (tertiary/aromatic N) is 2. The van der Waals surface area contributed by atoms with Crippen molar-refractivity contribution in [2.75, 3.05) is 0 Å². The Morgan fingerprint density at radius 3 is 2.56 bits per heavy atom. The monoisotopic (exact) mass is 212 g/mol. The Morgan fingerprint density at radius 2 is 1.88 bits per heavy atom. The van der Waals surface area contributed by atoms with Gasteiger partial charge in [0.15, 0.2) is 0 Å². The van der Waals surface area contributed by atoms with E-state index in [2.05, 4.69) is 61.3 Å². The molecule has 16 heavy (non-hydrogen) atoms. The zero-order valence-corrected chi connectivity index (χ0v) is 9.94. The minimum atomic E-state index is 0.414. The molecule has 0 atom stereocenters. The third-order valence-corrected chi connectivity index (χ3v) is 2.62. The number of hydrogen-bond acceptors (Lipinski definition) is 2. The molecule has 0 radical (unpaired) electrons. The van der Waals surface area contributed by atoms with E-state index >= 15 is 0 Å². The van der Waals surface area contributed by atoms with E-state index in [4.69, 9.17) is 0 Å². The van der Waals surface area contributed by atoms with Gasteiger partial charge in [-0.15, -0.1) is 0 Å². The molecule has 2 heteroatoms. The highest BCUT2D eigenvalue weighted by molar-refractivity contribution is 5.63. The first-order valence-electron chi connectivity index (χ1n) is 5.56. The maximum Gasteiger partial charge on any atom is 0.0662 e. The van der Waals surface area contributed by atoms with Gasteiger partial charge in [-0.25, -0.2) is 0 Å². The summed E-state index contributed by atoms with van der Waals surface area (Å²) in [5, 5.41) is 8.20. The van der Waals surface area contributed by atoms with Crippen molar-refractivity contribution < 1.29 is 0 Å². The summed E-state index contributed by atoms with van der Waals surface area (Å²) in [4.78, 5) is 0. The summed E-state index contributed by atoms with van der Waals surface area (Å²) in [5.74, 6) is 0.414. The second-order valence-electron chi connectivity index (χ2n) is 4.39. The normalized spacial score (nSPS) is 10.8. The Kier molecular flexibility index (Phi) is 3.00. The van der Waals surface area contributed by atoms with Gasteiger partial charge in [0.1, 0.15) is 0 Å². The Bertz CT molecular complexity index is 490. The van der Waals surface area contributed by atoms with E-state index in [1.165, 1.54) is 11.1 Å². The van der Waals surface area contributed by atoms with Gasteiger partial charge in [0.2, 0.25) is 0 Å². The van der Waals surface area contributed by atoms with Crippen LogP contribution in [0.25, 0.3) is 11.1 Å². The molecular formula is C14H16N2. The molecule has 0 N–H and O–H groups in total. The quantitative estimate of drug-likeness (QED) is 0.760. The molecule has 2 rings (SSSR count). The first-order chi connectivity index (χ1) is 7.66. The smallest absolute Gasteiger partial charge is 0.0662 e. The Hall–Kier alpha value is -1.70. The molecule has 0 spiro atoms. The van der Waals surface area contributed by atoms with Crippen LogP contribution in [-0.2, 0) is 0 Å². The van der Waals surface area contributed by atoms with Gasteiger partial charge in [-0.3, -0.25) is 0 Å². The van der Waals surface area contributed by atoms with E-state index in [1.807, 2.05) is 6.20 Å². The van der Waals surface area contributed by atoms with Gasteiger partial charge >= 0.3 is 0 Å². The molecule has 82 valence electrons. The minimum absolute atomic E-state index is 0.414. The Labute approximate surface area is 96.4 Å². The maximum atomic E-state index is 4.14. The van der Waals surface area contributed by atoms with Crippen LogP contribution in [0.1, 0.15) is 31.0 Å². The summed E-state index contributed by atoms with van der Waals surface area (Å²) in [6.07, 6.45) is 1.82. The highest BCUT2D eigenvalue weighted by Crippen LogP contribution is 2.22. The SMILES string of the molecule is Cc1cccc(-c2cnnc(C(C)C)c2)c1. The highest BCUT2D eigenvalue weighted by Gasteiger charge is 2.04. The van der Waals surface area contributed by atoms with E-state index in [-0.39, 0.29) is 0 Å². The lowest BCUT2D eigenvalue weighted by atomic mass is 10.0. The molecule has 0 aliphatic rings. The second-order valence-corrected chi connectivity index (χ2v) is 4.39. The predicted molar refractivity (Wildman–Crippen MR) is 66.3 cm³/mol. The molecule has 0 aliphatic heterocycles. The number of benzene rings is 1. The molecule has 0 amide bonds. The van der Waals surface area contributed by atoms with Crippen LogP contribution in [0.5, 0.6) is 0 Å². The largest absolute Gasteiger partial charge is 0.158 e. The topological polar surface area (TPSA) is 25.8 Å². The average Bonchev–Trinajstić information content (AvgIpc) is 2.29. The van der Waals surface area contributed by atoms with Gasteiger partial charge in [-0.05, 0) is 24.5 Å². The molecule has 1 aromatic carbocycles. The molecule has 0 saturated carbocycles. The van der Waals surface area contributed by atoms with Crippen molar-refractivity contribution in [2.45, 2.75) is 26.7 Å². The summed E-state index contributed by atoms with van der Waals surface area (Å²) in [6, 6.07) is 10.6. The van der Waals surface area contributed by atoms with Crippen LogP contribution in [0.15, 0.2) is 36.5 Å². The van der Waals surface area contributed by atoms with Gasteiger partial charge in [0.05, 0.1) is 11.9 Å². The first kappa shape index (κ1) is 10.8. The summed E-state index contributed by atoms with van der Waals surface area (Å²) >= 11 is 0. The Morgan fingerprint density at radius 1 is 1.06 bits per heavy atom. The molecule has 0 fully saturated rings. The second kappa shape index (κ2) is 4.44. The number of aromatic nitrogens is 2. The lowest BCUT2D eigenvalue weighted by molar-refractivity contribution is 0.786. The van der Waals surface area contributed by atoms with Gasteiger partial charge < -0.3 is 0 Å². The molecule has 1 heterocycles. The van der Waals surface area contributed by atoms with Crippen LogP contribution in [-0.4, -0.2) is 10.2 Å². The molecule has 2 nitrogen and oxygen atoms in total. The van der Waals surface area contributed by atoms with Crippen molar-refractivity contribution in [1.29, 1.82) is 0 Å². The van der Waals surface area contributed by atoms with Crippen molar-refractivity contribution in [3.63, 3.8) is 0 Å². The van der Waals surface area contributed by atoms with Gasteiger partial charge in [-0.2, -0.15) is 10.2 Å². The molecule has 0 aliphatic carbocycles. The first-order valence-corrected chi connectivity index (χ1v) is 5.56. The Balaban J connectivity index is 2.44. The van der Waals surface area contributed by atoms with Crippen molar-refractivity contribution in [2.24, 2.45) is 0 Å². The molecule has 0 saturated heterocycles. The van der Waals surface area contributed by atoms with Gasteiger partial charge in [0.25, 0.3) is 0 Å². The van der Waals surface area contributed by atoms with E-state index in [0.29, 0.717) is 5.92 Å². The minimum Gasteiger partial charge on any atom is -0.158 e. The van der Waals surface area contributed by atoms with Crippen LogP contribution in [0.3, 0.4) is 0 Å². The number of rotatable bonds is 2. The van der Waals surface area contributed by atoms with Crippen molar-refractivity contribution in [1.82, 2.24) is 10.2 Å². The summed E-state index contributed by atoms with van der Waals surface area (Å²) < 4.78 is 0. The standard InChI is InChI=1S/C14H16N2/c1-10(2)14-8-13(9-15-16-14)12-6-4-5-11(3)7-12/h4-10H,1-3H3. The molecule has 1 aromatic heterocycles. The van der Waals surface area contributed by atoms with Crippen LogP contribution >= 0.6 is 0 Å². The third-order valence-electron chi connectivity index (χ3n) is 2.62. The van der Waals surface area contributed by atoms with Crippen molar-refractivity contribution in [3.8, 4) is 11.1 Å². The van der Waals surface area contributed by atoms with E-state index in [1.54, 1.807) is 0 Å². The third kappa shape index (κ3) is 2.27. The van der Waals surface area contributed by atoms with E-state index in [9.17, 15) is 0 Å². The molecule has 0 unspecified atom stereocenters. The number of aryl methyl sites for hydroxylation is 1. The van der Waals surface area contributed by atoms with Gasteiger partial charge in [0, 0.05) is 5.56 Å². The molecular weight excluding hydrogens is 196 g/mol. The summed E-state index contributed by atoms with van der Waals surface area (Å²) in [5.41, 5.74) is 4.65. The average molecular weight is 212 g/mol.